The number of nitrogens with one attached hydrogen (secondary N) is 1. The lowest BCUT2D eigenvalue weighted by Gasteiger charge is -2.41. The smallest absolute Gasteiger partial charge is 0.325 e. The number of imide groups is 1. The van der Waals surface area contributed by atoms with Gasteiger partial charge in [0.25, 0.3) is 5.91 Å². The molecule has 3 aromatic rings. The van der Waals surface area contributed by atoms with Gasteiger partial charge in [0, 0.05) is 31.0 Å². The highest BCUT2D eigenvalue weighted by Gasteiger charge is 2.57. The Labute approximate surface area is 206 Å². The van der Waals surface area contributed by atoms with Crippen molar-refractivity contribution in [1.82, 2.24) is 20.1 Å². The third-order valence-corrected chi connectivity index (χ3v) is 7.63. The predicted molar refractivity (Wildman–Crippen MR) is 129 cm³/mol. The van der Waals surface area contributed by atoms with Gasteiger partial charge in [0.2, 0.25) is 5.91 Å². The summed E-state index contributed by atoms with van der Waals surface area (Å²) in [5.41, 5.74) is 1.03. The Balaban J connectivity index is 1.37. The zero-order valence-electron chi connectivity index (χ0n) is 19.0. The van der Waals surface area contributed by atoms with Crippen molar-refractivity contribution in [3.8, 4) is 0 Å². The number of carbonyl (C=O) groups excluding carboxylic acids is 3. The maximum atomic E-state index is 13.9. The standard InChI is InChI=1S/C26H25FN4O3S/c27-22-5-3-18(4-6-22)16-31-24(33)26(29-25(31)34,21-2-1-10-28-15-21)20-7-11-30(12-8-20)23(32)14-19-9-13-35-17-19/h1-6,9-10,13,15,17,20H,7-8,11-12,14,16H2,(H,29,34). The number of halogens is 1. The van der Waals surface area contributed by atoms with Crippen LogP contribution in [-0.4, -0.2) is 45.7 Å². The maximum Gasteiger partial charge on any atom is 0.325 e. The van der Waals surface area contributed by atoms with Gasteiger partial charge in [0.1, 0.15) is 5.82 Å². The lowest BCUT2D eigenvalue weighted by atomic mass is 9.73. The number of likely N-dealkylation sites (tertiary alicyclic amines) is 1. The number of rotatable bonds is 6. The van der Waals surface area contributed by atoms with E-state index >= 15 is 0 Å². The van der Waals surface area contributed by atoms with E-state index < -0.39 is 11.6 Å². The van der Waals surface area contributed by atoms with Crippen LogP contribution in [0, 0.1) is 11.7 Å². The molecule has 4 amide bonds. The van der Waals surface area contributed by atoms with Crippen LogP contribution in [0.1, 0.15) is 29.5 Å². The van der Waals surface area contributed by atoms with Crippen molar-refractivity contribution in [1.29, 1.82) is 0 Å². The normalized spacial score (nSPS) is 20.8. The maximum absolute atomic E-state index is 13.9. The zero-order chi connectivity index (χ0) is 24.4. The Morgan fingerprint density at radius 3 is 2.54 bits per heavy atom. The van der Waals surface area contributed by atoms with E-state index in [-0.39, 0.29) is 30.1 Å². The summed E-state index contributed by atoms with van der Waals surface area (Å²) in [6.45, 7) is 1.07. The number of benzene rings is 1. The van der Waals surface area contributed by atoms with Crippen molar-refractivity contribution in [3.05, 3.63) is 88.1 Å². The fourth-order valence-electron chi connectivity index (χ4n) is 5.06. The quantitative estimate of drug-likeness (QED) is 0.532. The number of carbonyl (C=O) groups is 3. The average molecular weight is 493 g/mol. The van der Waals surface area contributed by atoms with Crippen molar-refractivity contribution in [2.45, 2.75) is 31.3 Å². The number of nitrogens with zero attached hydrogens (tertiary/aromatic N) is 3. The second kappa shape index (κ2) is 9.58. The predicted octanol–water partition coefficient (Wildman–Crippen LogP) is 3.71. The Morgan fingerprint density at radius 1 is 1.11 bits per heavy atom. The first-order valence-electron chi connectivity index (χ1n) is 11.6. The summed E-state index contributed by atoms with van der Waals surface area (Å²) in [4.78, 5) is 47.0. The van der Waals surface area contributed by atoms with Crippen LogP contribution in [0.5, 0.6) is 0 Å². The van der Waals surface area contributed by atoms with Crippen molar-refractivity contribution in [3.63, 3.8) is 0 Å². The molecule has 1 aromatic carbocycles. The topological polar surface area (TPSA) is 82.6 Å². The molecule has 0 radical (unpaired) electrons. The first-order chi connectivity index (χ1) is 17.0. The van der Waals surface area contributed by atoms with Crippen molar-refractivity contribution in [2.24, 2.45) is 5.92 Å². The van der Waals surface area contributed by atoms with Gasteiger partial charge in [-0.3, -0.25) is 19.5 Å². The Hall–Kier alpha value is -3.59. The van der Waals surface area contributed by atoms with E-state index in [2.05, 4.69) is 10.3 Å². The summed E-state index contributed by atoms with van der Waals surface area (Å²) in [6, 6.07) is 10.8. The summed E-state index contributed by atoms with van der Waals surface area (Å²) in [7, 11) is 0. The lowest BCUT2D eigenvalue weighted by Crippen LogP contribution is -2.54. The lowest BCUT2D eigenvalue weighted by molar-refractivity contribution is -0.136. The number of pyridine rings is 1. The van der Waals surface area contributed by atoms with E-state index in [1.807, 2.05) is 21.7 Å². The van der Waals surface area contributed by atoms with E-state index in [0.717, 1.165) is 5.56 Å². The number of hydrogen-bond acceptors (Lipinski definition) is 5. The van der Waals surface area contributed by atoms with Gasteiger partial charge in [-0.1, -0.05) is 18.2 Å². The van der Waals surface area contributed by atoms with Crippen LogP contribution >= 0.6 is 11.3 Å². The van der Waals surface area contributed by atoms with E-state index in [1.54, 1.807) is 48.0 Å². The summed E-state index contributed by atoms with van der Waals surface area (Å²) in [5, 5.41) is 6.92. The van der Waals surface area contributed by atoms with Gasteiger partial charge in [-0.25, -0.2) is 9.18 Å². The number of urea groups is 1. The molecule has 5 rings (SSSR count). The average Bonchev–Trinajstić information content (AvgIpc) is 3.48. The van der Waals surface area contributed by atoms with Crippen LogP contribution in [0.25, 0.3) is 0 Å². The highest BCUT2D eigenvalue weighted by molar-refractivity contribution is 7.08. The summed E-state index contributed by atoms with van der Waals surface area (Å²) >= 11 is 1.57. The minimum Gasteiger partial charge on any atom is -0.342 e. The molecule has 1 unspecified atom stereocenters. The molecule has 2 aliphatic heterocycles. The highest BCUT2D eigenvalue weighted by Crippen LogP contribution is 2.41. The first kappa shape index (κ1) is 23.2. The van der Waals surface area contributed by atoms with Crippen LogP contribution in [0.2, 0.25) is 0 Å². The molecule has 0 saturated carbocycles. The van der Waals surface area contributed by atoms with Crippen LogP contribution in [0.3, 0.4) is 0 Å². The molecule has 1 N–H and O–H groups in total. The second-order valence-corrected chi connectivity index (χ2v) is 9.74. The molecule has 2 saturated heterocycles. The number of aromatic nitrogens is 1. The third-order valence-electron chi connectivity index (χ3n) is 6.90. The molecular weight excluding hydrogens is 467 g/mol. The van der Waals surface area contributed by atoms with E-state index in [9.17, 15) is 18.8 Å². The third kappa shape index (κ3) is 4.43. The highest BCUT2D eigenvalue weighted by atomic mass is 32.1. The molecule has 4 heterocycles. The van der Waals surface area contributed by atoms with Gasteiger partial charge in [0.05, 0.1) is 13.0 Å². The second-order valence-electron chi connectivity index (χ2n) is 8.96. The summed E-state index contributed by atoms with van der Waals surface area (Å²) in [6.07, 6.45) is 4.75. The molecule has 35 heavy (non-hydrogen) atoms. The van der Waals surface area contributed by atoms with Gasteiger partial charge < -0.3 is 10.2 Å². The first-order valence-corrected chi connectivity index (χ1v) is 12.5. The van der Waals surface area contributed by atoms with Crippen molar-refractivity contribution >= 4 is 29.2 Å². The van der Waals surface area contributed by atoms with Gasteiger partial charge in [-0.05, 0) is 64.9 Å². The molecule has 0 bridgehead atoms. The van der Waals surface area contributed by atoms with Crippen LogP contribution in [-0.2, 0) is 28.1 Å². The molecule has 2 aliphatic rings. The van der Waals surface area contributed by atoms with Crippen LogP contribution in [0.4, 0.5) is 9.18 Å². The number of hydrogen-bond donors (Lipinski definition) is 1. The van der Waals surface area contributed by atoms with Gasteiger partial charge >= 0.3 is 6.03 Å². The fraction of sp³-hybridized carbons (Fsp3) is 0.308. The van der Waals surface area contributed by atoms with E-state index in [4.69, 9.17) is 0 Å². The fourth-order valence-corrected chi connectivity index (χ4v) is 5.72. The molecule has 2 aromatic heterocycles. The zero-order valence-corrected chi connectivity index (χ0v) is 19.8. The summed E-state index contributed by atoms with van der Waals surface area (Å²) in [5.74, 6) is -0.859. The van der Waals surface area contributed by atoms with Gasteiger partial charge in [-0.15, -0.1) is 0 Å². The SMILES string of the molecule is O=C(Cc1ccsc1)N1CCC(C2(c3cccnc3)NC(=O)N(Cc3ccc(F)cc3)C2=O)CC1. The number of piperidine rings is 1. The Kier molecular flexibility index (Phi) is 6.34. The minimum atomic E-state index is -1.26. The van der Waals surface area contributed by atoms with Gasteiger partial charge in [0.15, 0.2) is 5.54 Å². The summed E-state index contributed by atoms with van der Waals surface area (Å²) < 4.78 is 13.3. The largest absolute Gasteiger partial charge is 0.342 e. The molecular formula is C26H25FN4O3S. The Morgan fingerprint density at radius 2 is 1.89 bits per heavy atom. The van der Waals surface area contributed by atoms with Gasteiger partial charge in [-0.2, -0.15) is 11.3 Å². The molecule has 0 aliphatic carbocycles. The number of thiophene rings is 1. The van der Waals surface area contributed by atoms with E-state index in [0.29, 0.717) is 43.5 Å². The monoisotopic (exact) mass is 492 g/mol. The number of amides is 4. The molecule has 2 fully saturated rings. The molecule has 1 atom stereocenters. The van der Waals surface area contributed by atoms with Crippen LogP contribution < -0.4 is 5.32 Å². The molecule has 7 nitrogen and oxygen atoms in total. The Bertz CT molecular complexity index is 1210. The van der Waals surface area contributed by atoms with Crippen molar-refractivity contribution < 1.29 is 18.8 Å². The molecule has 0 spiro atoms. The van der Waals surface area contributed by atoms with Crippen molar-refractivity contribution in [2.75, 3.05) is 13.1 Å². The minimum absolute atomic E-state index is 0.0466. The molecule has 180 valence electrons. The molecule has 9 heteroatoms. The van der Waals surface area contributed by atoms with Crippen LogP contribution in [0.15, 0.2) is 65.6 Å². The van der Waals surface area contributed by atoms with E-state index in [1.165, 1.54) is 17.0 Å².